The predicted molar refractivity (Wildman–Crippen MR) is 85.0 cm³/mol. The van der Waals surface area contributed by atoms with E-state index >= 15 is 0 Å². The zero-order valence-corrected chi connectivity index (χ0v) is 12.1. The van der Waals surface area contributed by atoms with Crippen molar-refractivity contribution in [1.29, 1.82) is 0 Å². The first kappa shape index (κ1) is 13.9. The fourth-order valence-corrected chi connectivity index (χ4v) is 2.12. The summed E-state index contributed by atoms with van der Waals surface area (Å²) in [6.07, 6.45) is 5.76. The smallest absolute Gasteiger partial charge is 0.288 e. The minimum atomic E-state index is -0.301. The first-order valence-electron chi connectivity index (χ1n) is 6.99. The number of hydrogen-bond acceptors (Lipinski definition) is 5. The van der Waals surface area contributed by atoms with Crippen LogP contribution >= 0.6 is 0 Å². The molecule has 0 spiro atoms. The summed E-state index contributed by atoms with van der Waals surface area (Å²) in [6, 6.07) is 9.39. The Morgan fingerprint density at radius 1 is 1.18 bits per heavy atom. The van der Waals surface area contributed by atoms with E-state index in [4.69, 9.17) is 0 Å². The summed E-state index contributed by atoms with van der Waals surface area (Å²) >= 11 is 0. The normalized spacial score (nSPS) is 10.4. The Morgan fingerprint density at radius 3 is 2.86 bits per heavy atom. The van der Waals surface area contributed by atoms with E-state index in [1.807, 2.05) is 31.2 Å². The van der Waals surface area contributed by atoms with Crippen LogP contribution < -0.4 is 10.9 Å². The van der Waals surface area contributed by atoms with Crippen LogP contribution in [0.25, 0.3) is 11.3 Å². The Labute approximate surface area is 127 Å². The standard InChI is InChI=1S/C16H15N5O/c1-2-11-5-3-7-14(19-11)13-10-18-21-16(22)15(13)20-12-6-4-8-17-9-12/h3-10H,2H2,1H3,(H,18,20)(H,21,22). The van der Waals surface area contributed by atoms with Crippen molar-refractivity contribution in [2.24, 2.45) is 0 Å². The molecule has 0 atom stereocenters. The van der Waals surface area contributed by atoms with Crippen LogP contribution in [0.1, 0.15) is 12.6 Å². The average Bonchev–Trinajstić information content (AvgIpc) is 2.58. The number of anilines is 2. The van der Waals surface area contributed by atoms with Crippen molar-refractivity contribution < 1.29 is 0 Å². The number of nitrogens with one attached hydrogen (secondary N) is 2. The maximum atomic E-state index is 12.1. The fraction of sp³-hybridized carbons (Fsp3) is 0.125. The third kappa shape index (κ3) is 2.85. The number of aromatic nitrogens is 4. The van der Waals surface area contributed by atoms with Crippen LogP contribution in [0.15, 0.2) is 53.7 Å². The molecule has 0 fully saturated rings. The molecule has 3 aromatic rings. The van der Waals surface area contributed by atoms with Crippen LogP contribution in [0.5, 0.6) is 0 Å². The van der Waals surface area contributed by atoms with Crippen molar-refractivity contribution in [3.63, 3.8) is 0 Å². The quantitative estimate of drug-likeness (QED) is 0.772. The lowest BCUT2D eigenvalue weighted by atomic mass is 10.1. The van der Waals surface area contributed by atoms with Crippen molar-refractivity contribution >= 4 is 11.4 Å². The van der Waals surface area contributed by atoms with E-state index in [2.05, 4.69) is 25.5 Å². The summed E-state index contributed by atoms with van der Waals surface area (Å²) in [5.41, 5.74) is 3.17. The summed E-state index contributed by atoms with van der Waals surface area (Å²) in [6.45, 7) is 2.04. The second-order valence-electron chi connectivity index (χ2n) is 4.72. The summed E-state index contributed by atoms with van der Waals surface area (Å²) in [5.74, 6) is 0. The molecule has 0 unspecified atom stereocenters. The molecule has 0 aliphatic heterocycles. The highest BCUT2D eigenvalue weighted by Crippen LogP contribution is 2.24. The Morgan fingerprint density at radius 2 is 2.09 bits per heavy atom. The second kappa shape index (κ2) is 6.17. The first-order valence-corrected chi connectivity index (χ1v) is 6.99. The monoisotopic (exact) mass is 293 g/mol. The SMILES string of the molecule is CCc1cccc(-c2cn[nH]c(=O)c2Nc2cccnc2)n1. The van der Waals surface area contributed by atoms with Gasteiger partial charge < -0.3 is 5.32 Å². The molecular formula is C16H15N5O. The Bertz CT molecular complexity index is 829. The highest BCUT2D eigenvalue weighted by Gasteiger charge is 2.12. The largest absolute Gasteiger partial charge is 0.349 e. The summed E-state index contributed by atoms with van der Waals surface area (Å²) in [5, 5.41) is 9.42. The molecule has 22 heavy (non-hydrogen) atoms. The number of nitrogens with zero attached hydrogens (tertiary/aromatic N) is 3. The molecule has 0 amide bonds. The van der Waals surface area contributed by atoms with Crippen LogP contribution in [0.3, 0.4) is 0 Å². The first-order chi connectivity index (χ1) is 10.8. The van der Waals surface area contributed by atoms with Gasteiger partial charge in [0.05, 0.1) is 23.8 Å². The molecule has 0 bridgehead atoms. The summed E-state index contributed by atoms with van der Waals surface area (Å²) < 4.78 is 0. The van der Waals surface area contributed by atoms with E-state index in [0.29, 0.717) is 16.9 Å². The number of aryl methyl sites for hydroxylation is 1. The Kier molecular flexibility index (Phi) is 3.91. The predicted octanol–water partition coefficient (Wildman–Crippen LogP) is 2.53. The molecule has 0 radical (unpaired) electrons. The van der Waals surface area contributed by atoms with E-state index in [-0.39, 0.29) is 5.56 Å². The number of H-pyrrole nitrogens is 1. The van der Waals surface area contributed by atoms with Gasteiger partial charge in [-0.25, -0.2) is 5.10 Å². The van der Waals surface area contributed by atoms with E-state index in [0.717, 1.165) is 17.8 Å². The third-order valence-electron chi connectivity index (χ3n) is 3.23. The zero-order chi connectivity index (χ0) is 15.4. The number of rotatable bonds is 4. The van der Waals surface area contributed by atoms with Gasteiger partial charge in [-0.2, -0.15) is 5.10 Å². The lowest BCUT2D eigenvalue weighted by molar-refractivity contribution is 0.986. The van der Waals surface area contributed by atoms with Crippen molar-refractivity contribution in [1.82, 2.24) is 20.2 Å². The summed E-state index contributed by atoms with van der Waals surface area (Å²) in [7, 11) is 0. The van der Waals surface area contributed by atoms with E-state index in [1.165, 1.54) is 0 Å². The molecule has 3 rings (SSSR count). The fourth-order valence-electron chi connectivity index (χ4n) is 2.12. The van der Waals surface area contributed by atoms with Crippen molar-refractivity contribution in [3.05, 3.63) is 65.0 Å². The number of hydrogen-bond donors (Lipinski definition) is 2. The van der Waals surface area contributed by atoms with Crippen molar-refractivity contribution in [2.45, 2.75) is 13.3 Å². The lowest BCUT2D eigenvalue weighted by Crippen LogP contribution is -2.14. The lowest BCUT2D eigenvalue weighted by Gasteiger charge is -2.10. The van der Waals surface area contributed by atoms with Gasteiger partial charge in [0, 0.05) is 17.5 Å². The average molecular weight is 293 g/mol. The molecule has 6 nitrogen and oxygen atoms in total. The molecule has 2 N–H and O–H groups in total. The van der Waals surface area contributed by atoms with Gasteiger partial charge in [0.1, 0.15) is 5.69 Å². The van der Waals surface area contributed by atoms with Gasteiger partial charge in [0.25, 0.3) is 5.56 Å². The molecule has 3 heterocycles. The van der Waals surface area contributed by atoms with E-state index in [9.17, 15) is 4.79 Å². The van der Waals surface area contributed by atoms with Gasteiger partial charge in [-0.05, 0) is 30.7 Å². The highest BCUT2D eigenvalue weighted by atomic mass is 16.1. The van der Waals surface area contributed by atoms with E-state index in [1.54, 1.807) is 24.7 Å². The Hall–Kier alpha value is -3.02. The number of aromatic amines is 1. The maximum absolute atomic E-state index is 12.1. The maximum Gasteiger partial charge on any atom is 0.288 e. The summed E-state index contributed by atoms with van der Waals surface area (Å²) in [4.78, 5) is 20.7. The highest BCUT2D eigenvalue weighted by molar-refractivity contribution is 5.77. The van der Waals surface area contributed by atoms with Crippen molar-refractivity contribution in [2.75, 3.05) is 5.32 Å². The topological polar surface area (TPSA) is 83.6 Å². The zero-order valence-electron chi connectivity index (χ0n) is 12.1. The molecule has 0 aromatic carbocycles. The molecule has 0 aliphatic carbocycles. The van der Waals surface area contributed by atoms with Gasteiger partial charge in [0.15, 0.2) is 0 Å². The van der Waals surface area contributed by atoms with Gasteiger partial charge in [-0.1, -0.05) is 13.0 Å². The number of pyridine rings is 2. The second-order valence-corrected chi connectivity index (χ2v) is 4.72. The van der Waals surface area contributed by atoms with Gasteiger partial charge in [-0.15, -0.1) is 0 Å². The van der Waals surface area contributed by atoms with Crippen molar-refractivity contribution in [3.8, 4) is 11.3 Å². The van der Waals surface area contributed by atoms with Gasteiger partial charge >= 0.3 is 0 Å². The van der Waals surface area contributed by atoms with Gasteiger partial charge in [0.2, 0.25) is 0 Å². The van der Waals surface area contributed by atoms with Crippen LogP contribution in [-0.2, 0) is 6.42 Å². The minimum Gasteiger partial charge on any atom is -0.349 e. The molecule has 6 heteroatoms. The molecule has 3 aromatic heterocycles. The third-order valence-corrected chi connectivity index (χ3v) is 3.23. The molecule has 0 aliphatic rings. The van der Waals surface area contributed by atoms with E-state index < -0.39 is 0 Å². The minimum absolute atomic E-state index is 0.301. The van der Waals surface area contributed by atoms with Crippen LogP contribution in [-0.4, -0.2) is 20.2 Å². The van der Waals surface area contributed by atoms with Crippen LogP contribution in [0.4, 0.5) is 11.4 Å². The molecule has 110 valence electrons. The molecule has 0 saturated carbocycles. The van der Waals surface area contributed by atoms with Crippen LogP contribution in [0.2, 0.25) is 0 Å². The Balaban J connectivity index is 2.08. The molecule has 0 saturated heterocycles. The molecular weight excluding hydrogens is 278 g/mol. The van der Waals surface area contributed by atoms with Gasteiger partial charge in [-0.3, -0.25) is 14.8 Å². The van der Waals surface area contributed by atoms with Crippen LogP contribution in [0, 0.1) is 0 Å².